The van der Waals surface area contributed by atoms with Crippen molar-refractivity contribution in [1.29, 1.82) is 0 Å². The van der Waals surface area contributed by atoms with Crippen LogP contribution in [0.4, 0.5) is 0 Å². The minimum Gasteiger partial charge on any atom is -0.223 e. The fraction of sp³-hybridized carbons (Fsp3) is 0.286. The van der Waals surface area contributed by atoms with Gasteiger partial charge in [-0.25, -0.2) is 22.6 Å². The summed E-state index contributed by atoms with van der Waals surface area (Å²) in [7, 11) is -3.64. The first-order chi connectivity index (χ1) is 10.8. The summed E-state index contributed by atoms with van der Waals surface area (Å²) >= 11 is 7.35. The normalized spacial score (nSPS) is 12.2. The zero-order chi connectivity index (χ0) is 16.8. The number of aryl methyl sites for hydroxylation is 3. The van der Waals surface area contributed by atoms with E-state index in [-0.39, 0.29) is 11.4 Å². The van der Waals surface area contributed by atoms with E-state index in [1.54, 1.807) is 23.6 Å². The molecule has 0 radical (unpaired) electrons. The van der Waals surface area contributed by atoms with E-state index in [1.807, 2.05) is 13.8 Å². The van der Waals surface area contributed by atoms with E-state index < -0.39 is 10.0 Å². The zero-order valence-electron chi connectivity index (χ0n) is 12.8. The highest BCUT2D eigenvalue weighted by atomic mass is 35.5. The molecule has 0 bridgehead atoms. The molecule has 0 aliphatic rings. The van der Waals surface area contributed by atoms with Crippen LogP contribution in [-0.2, 0) is 16.6 Å². The molecule has 0 fully saturated rings. The molecule has 0 spiro atoms. The molecule has 0 atom stereocenters. The monoisotopic (exact) mass is 370 g/mol. The number of nitrogens with one attached hydrogen (secondary N) is 1. The van der Waals surface area contributed by atoms with Crippen LogP contribution in [0.1, 0.15) is 22.0 Å². The largest absolute Gasteiger partial charge is 0.241 e. The van der Waals surface area contributed by atoms with Crippen molar-refractivity contribution in [2.75, 3.05) is 0 Å². The highest BCUT2D eigenvalue weighted by molar-refractivity contribution is 7.89. The van der Waals surface area contributed by atoms with Crippen LogP contribution in [-0.4, -0.2) is 23.0 Å². The predicted octanol–water partition coefficient (Wildman–Crippen LogP) is 2.85. The molecule has 0 aliphatic heterocycles. The number of fused-ring (bicyclic) bond motifs is 1. The Labute approximate surface area is 143 Å². The van der Waals surface area contributed by atoms with E-state index in [2.05, 4.69) is 14.8 Å². The lowest BCUT2D eigenvalue weighted by Gasteiger charge is -2.09. The molecular weight excluding hydrogens is 356 g/mol. The fourth-order valence-electron chi connectivity index (χ4n) is 2.34. The van der Waals surface area contributed by atoms with E-state index in [1.165, 1.54) is 17.4 Å². The Morgan fingerprint density at radius 2 is 2.04 bits per heavy atom. The molecular formula is C14H15ClN4O2S2. The minimum absolute atomic E-state index is 0.126. The Kier molecular flexibility index (Phi) is 4.18. The second-order valence-electron chi connectivity index (χ2n) is 5.19. The first-order valence-corrected chi connectivity index (χ1v) is 9.53. The number of nitrogens with zero attached hydrogens (tertiary/aromatic N) is 3. The van der Waals surface area contributed by atoms with Gasteiger partial charge in [0.25, 0.3) is 0 Å². The molecule has 0 amide bonds. The predicted molar refractivity (Wildman–Crippen MR) is 90.6 cm³/mol. The van der Waals surface area contributed by atoms with Crippen LogP contribution in [0.25, 0.3) is 4.96 Å². The van der Waals surface area contributed by atoms with Gasteiger partial charge in [0.1, 0.15) is 5.01 Å². The number of rotatable bonds is 4. The quantitative estimate of drug-likeness (QED) is 0.766. The Morgan fingerprint density at radius 1 is 1.30 bits per heavy atom. The summed E-state index contributed by atoms with van der Waals surface area (Å²) in [5.41, 5.74) is 2.10. The molecule has 1 N–H and O–H groups in total. The lowest BCUT2D eigenvalue weighted by molar-refractivity contribution is 0.578. The van der Waals surface area contributed by atoms with Gasteiger partial charge in [-0.15, -0.1) is 0 Å². The maximum Gasteiger partial charge on any atom is 0.241 e. The average molecular weight is 371 g/mol. The van der Waals surface area contributed by atoms with Crippen LogP contribution in [0.2, 0.25) is 5.02 Å². The highest BCUT2D eigenvalue weighted by Crippen LogP contribution is 2.21. The summed E-state index contributed by atoms with van der Waals surface area (Å²) < 4.78 is 29.3. The average Bonchev–Trinajstić information content (AvgIpc) is 2.91. The van der Waals surface area contributed by atoms with Crippen LogP contribution >= 0.6 is 22.9 Å². The van der Waals surface area contributed by atoms with Crippen molar-refractivity contribution in [2.24, 2.45) is 0 Å². The van der Waals surface area contributed by atoms with Gasteiger partial charge in [-0.3, -0.25) is 0 Å². The maximum atomic E-state index is 12.5. The SMILES string of the molecule is Cc1nn2c(CNS(=O)(=O)c3ccc(Cl)cc3C)c(C)nc2s1. The first-order valence-electron chi connectivity index (χ1n) is 6.85. The lowest BCUT2D eigenvalue weighted by atomic mass is 10.2. The molecule has 2 heterocycles. The molecule has 3 aromatic rings. The number of sulfonamides is 1. The summed E-state index contributed by atoms with van der Waals surface area (Å²) in [5.74, 6) is 0. The second kappa shape index (κ2) is 5.86. The van der Waals surface area contributed by atoms with Crippen molar-refractivity contribution in [3.8, 4) is 0 Å². The number of benzene rings is 1. The summed E-state index contributed by atoms with van der Waals surface area (Å²) in [6.45, 7) is 5.57. The number of hydrogen-bond donors (Lipinski definition) is 1. The standard InChI is InChI=1S/C14H15ClN4O2S2/c1-8-6-11(15)4-5-13(8)23(20,21)16-7-12-9(2)17-14-19(12)18-10(3)22-14/h4-6,16H,7H2,1-3H3. The first kappa shape index (κ1) is 16.4. The molecule has 0 unspecified atom stereocenters. The summed E-state index contributed by atoms with van der Waals surface area (Å²) in [4.78, 5) is 5.38. The molecule has 1 aromatic carbocycles. The highest BCUT2D eigenvalue weighted by Gasteiger charge is 2.19. The van der Waals surface area contributed by atoms with Crippen LogP contribution in [0, 0.1) is 20.8 Å². The minimum atomic E-state index is -3.64. The molecule has 23 heavy (non-hydrogen) atoms. The van der Waals surface area contributed by atoms with Gasteiger partial charge in [-0.1, -0.05) is 22.9 Å². The lowest BCUT2D eigenvalue weighted by Crippen LogP contribution is -2.25. The number of aromatic nitrogens is 3. The number of hydrogen-bond acceptors (Lipinski definition) is 5. The van der Waals surface area contributed by atoms with E-state index in [4.69, 9.17) is 11.6 Å². The molecule has 0 saturated carbocycles. The van der Waals surface area contributed by atoms with Crippen molar-refractivity contribution in [3.63, 3.8) is 0 Å². The van der Waals surface area contributed by atoms with Gasteiger partial charge >= 0.3 is 0 Å². The van der Waals surface area contributed by atoms with E-state index >= 15 is 0 Å². The third-order valence-electron chi connectivity index (χ3n) is 3.45. The van der Waals surface area contributed by atoms with Crippen LogP contribution in [0.15, 0.2) is 23.1 Å². The van der Waals surface area contributed by atoms with E-state index in [0.717, 1.165) is 21.4 Å². The van der Waals surface area contributed by atoms with Crippen LogP contribution < -0.4 is 4.72 Å². The van der Waals surface area contributed by atoms with Crippen LogP contribution in [0.3, 0.4) is 0 Å². The molecule has 2 aromatic heterocycles. The molecule has 122 valence electrons. The molecule has 0 aliphatic carbocycles. The molecule has 9 heteroatoms. The van der Waals surface area contributed by atoms with Crippen molar-refractivity contribution >= 4 is 37.9 Å². The Bertz CT molecular complexity index is 992. The van der Waals surface area contributed by atoms with Crippen molar-refractivity contribution in [3.05, 3.63) is 45.2 Å². The van der Waals surface area contributed by atoms with Crippen molar-refractivity contribution in [1.82, 2.24) is 19.3 Å². The van der Waals surface area contributed by atoms with E-state index in [0.29, 0.717) is 10.6 Å². The third-order valence-corrected chi connectivity index (χ3v) is 6.07. The van der Waals surface area contributed by atoms with Gasteiger partial charge in [-0.2, -0.15) is 5.10 Å². The molecule has 6 nitrogen and oxygen atoms in total. The molecule has 3 rings (SSSR count). The van der Waals surface area contributed by atoms with Crippen molar-refractivity contribution in [2.45, 2.75) is 32.2 Å². The van der Waals surface area contributed by atoms with Gasteiger partial charge in [0, 0.05) is 5.02 Å². The zero-order valence-corrected chi connectivity index (χ0v) is 15.2. The Balaban J connectivity index is 1.90. The van der Waals surface area contributed by atoms with Gasteiger partial charge in [0.05, 0.1) is 22.8 Å². The Hall–Kier alpha value is -1.48. The third kappa shape index (κ3) is 3.12. The topological polar surface area (TPSA) is 76.4 Å². The van der Waals surface area contributed by atoms with Crippen molar-refractivity contribution < 1.29 is 8.42 Å². The maximum absolute atomic E-state index is 12.5. The number of imidazole rings is 1. The van der Waals surface area contributed by atoms with Gasteiger partial charge in [-0.05, 0) is 44.5 Å². The van der Waals surface area contributed by atoms with Gasteiger partial charge in [0.15, 0.2) is 0 Å². The summed E-state index contributed by atoms with van der Waals surface area (Å²) in [5, 5.41) is 5.74. The fourth-order valence-corrected chi connectivity index (χ4v) is 4.59. The van der Waals surface area contributed by atoms with Gasteiger partial charge < -0.3 is 0 Å². The Morgan fingerprint density at radius 3 is 2.74 bits per heavy atom. The number of halogens is 1. The van der Waals surface area contributed by atoms with Crippen LogP contribution in [0.5, 0.6) is 0 Å². The summed E-state index contributed by atoms with van der Waals surface area (Å²) in [6, 6.07) is 4.70. The second-order valence-corrected chi connectivity index (χ2v) is 8.53. The molecule has 0 saturated heterocycles. The smallest absolute Gasteiger partial charge is 0.223 e. The summed E-state index contributed by atoms with van der Waals surface area (Å²) in [6.07, 6.45) is 0. The van der Waals surface area contributed by atoms with E-state index in [9.17, 15) is 8.42 Å². The van der Waals surface area contributed by atoms with Gasteiger partial charge in [0.2, 0.25) is 15.0 Å².